The SMILES string of the molecule is O=C(/C=C/c1cn(Cc2ccccc2)nn1)N1CCN(S(=O)(=O)c2ccc3ccccc3c2)CC1. The van der Waals surface area contributed by atoms with Crippen LogP contribution in [0.5, 0.6) is 0 Å². The minimum atomic E-state index is -3.62. The lowest BCUT2D eigenvalue weighted by molar-refractivity contribution is -0.127. The van der Waals surface area contributed by atoms with Crippen LogP contribution in [0.15, 0.2) is 90.0 Å². The zero-order chi connectivity index (χ0) is 24.3. The summed E-state index contributed by atoms with van der Waals surface area (Å²) in [6.45, 7) is 1.76. The normalized spacial score (nSPS) is 15.1. The Morgan fingerprint density at radius 3 is 2.37 bits per heavy atom. The van der Waals surface area contributed by atoms with Crippen molar-refractivity contribution in [1.29, 1.82) is 0 Å². The van der Waals surface area contributed by atoms with E-state index in [1.807, 2.05) is 60.7 Å². The lowest BCUT2D eigenvalue weighted by atomic mass is 10.1. The Morgan fingerprint density at radius 2 is 1.60 bits per heavy atom. The van der Waals surface area contributed by atoms with Gasteiger partial charge in [-0.15, -0.1) is 5.10 Å². The van der Waals surface area contributed by atoms with Crippen molar-refractivity contribution in [3.05, 3.63) is 96.3 Å². The van der Waals surface area contributed by atoms with Gasteiger partial charge in [-0.05, 0) is 34.5 Å². The Morgan fingerprint density at radius 1 is 0.886 bits per heavy atom. The number of carbonyl (C=O) groups is 1. The molecule has 1 fully saturated rings. The predicted octanol–water partition coefficient (Wildman–Crippen LogP) is 3.03. The fraction of sp³-hybridized carbons (Fsp3) is 0.192. The molecule has 0 unspecified atom stereocenters. The number of rotatable bonds is 6. The van der Waals surface area contributed by atoms with Gasteiger partial charge in [0, 0.05) is 32.3 Å². The van der Waals surface area contributed by atoms with E-state index in [2.05, 4.69) is 10.3 Å². The predicted molar refractivity (Wildman–Crippen MR) is 134 cm³/mol. The molecule has 3 aromatic carbocycles. The lowest BCUT2D eigenvalue weighted by Crippen LogP contribution is -2.50. The van der Waals surface area contributed by atoms with E-state index >= 15 is 0 Å². The Labute approximate surface area is 204 Å². The second-order valence-electron chi connectivity index (χ2n) is 8.40. The van der Waals surface area contributed by atoms with E-state index in [9.17, 15) is 13.2 Å². The zero-order valence-corrected chi connectivity index (χ0v) is 19.9. The highest BCUT2D eigenvalue weighted by molar-refractivity contribution is 7.89. The Hall–Kier alpha value is -3.82. The Balaban J connectivity index is 1.18. The summed E-state index contributed by atoms with van der Waals surface area (Å²) in [5.74, 6) is -0.176. The summed E-state index contributed by atoms with van der Waals surface area (Å²) >= 11 is 0. The van der Waals surface area contributed by atoms with Crippen molar-refractivity contribution in [2.45, 2.75) is 11.4 Å². The summed E-state index contributed by atoms with van der Waals surface area (Å²) in [5.41, 5.74) is 1.70. The molecule has 5 rings (SSSR count). The molecule has 0 bridgehead atoms. The highest BCUT2D eigenvalue weighted by Gasteiger charge is 2.29. The van der Waals surface area contributed by atoms with Crippen LogP contribution >= 0.6 is 0 Å². The number of nitrogens with zero attached hydrogens (tertiary/aromatic N) is 5. The zero-order valence-electron chi connectivity index (χ0n) is 19.1. The van der Waals surface area contributed by atoms with E-state index < -0.39 is 10.0 Å². The fourth-order valence-electron chi connectivity index (χ4n) is 4.13. The molecule has 1 aromatic heterocycles. The summed E-state index contributed by atoms with van der Waals surface area (Å²) in [6.07, 6.45) is 4.88. The maximum atomic E-state index is 13.1. The van der Waals surface area contributed by atoms with Crippen molar-refractivity contribution < 1.29 is 13.2 Å². The van der Waals surface area contributed by atoms with Crippen molar-refractivity contribution in [3.63, 3.8) is 0 Å². The number of hydrogen-bond acceptors (Lipinski definition) is 5. The van der Waals surface area contributed by atoms with Gasteiger partial charge in [0.2, 0.25) is 15.9 Å². The summed E-state index contributed by atoms with van der Waals surface area (Å²) in [6, 6.07) is 22.8. The first-order chi connectivity index (χ1) is 17.0. The summed E-state index contributed by atoms with van der Waals surface area (Å²) in [4.78, 5) is 14.6. The summed E-state index contributed by atoms with van der Waals surface area (Å²) in [5, 5.41) is 10.1. The maximum Gasteiger partial charge on any atom is 0.246 e. The van der Waals surface area contributed by atoms with Gasteiger partial charge in [-0.3, -0.25) is 4.79 Å². The van der Waals surface area contributed by atoms with Crippen LogP contribution in [0.25, 0.3) is 16.8 Å². The van der Waals surface area contributed by atoms with Crippen molar-refractivity contribution in [2.75, 3.05) is 26.2 Å². The molecule has 1 aliphatic rings. The second kappa shape index (κ2) is 9.81. The van der Waals surface area contributed by atoms with Crippen LogP contribution in [0.2, 0.25) is 0 Å². The molecular formula is C26H25N5O3S. The fourth-order valence-corrected chi connectivity index (χ4v) is 5.58. The van der Waals surface area contributed by atoms with Crippen LogP contribution in [0.1, 0.15) is 11.3 Å². The van der Waals surface area contributed by atoms with E-state index in [0.29, 0.717) is 25.3 Å². The Kier molecular flexibility index (Phi) is 6.43. The number of fused-ring (bicyclic) bond motifs is 1. The van der Waals surface area contributed by atoms with Crippen molar-refractivity contribution in [3.8, 4) is 0 Å². The highest BCUT2D eigenvalue weighted by Crippen LogP contribution is 2.23. The molecule has 0 atom stereocenters. The number of aromatic nitrogens is 3. The van der Waals surface area contributed by atoms with Crippen LogP contribution < -0.4 is 0 Å². The largest absolute Gasteiger partial charge is 0.337 e. The molecule has 0 aliphatic carbocycles. The number of piperazine rings is 1. The lowest BCUT2D eigenvalue weighted by Gasteiger charge is -2.33. The molecule has 8 nitrogen and oxygen atoms in total. The van der Waals surface area contributed by atoms with Crippen LogP contribution in [-0.2, 0) is 21.4 Å². The van der Waals surface area contributed by atoms with Gasteiger partial charge in [0.25, 0.3) is 0 Å². The molecule has 2 heterocycles. The van der Waals surface area contributed by atoms with Gasteiger partial charge < -0.3 is 4.90 Å². The van der Waals surface area contributed by atoms with Gasteiger partial charge in [-0.1, -0.05) is 65.9 Å². The second-order valence-corrected chi connectivity index (χ2v) is 10.3. The van der Waals surface area contributed by atoms with Crippen molar-refractivity contribution in [1.82, 2.24) is 24.2 Å². The number of amides is 1. The van der Waals surface area contributed by atoms with Gasteiger partial charge in [0.05, 0.1) is 17.6 Å². The molecule has 178 valence electrons. The standard InChI is InChI=1S/C26H25N5O3S/c32-26(13-11-24-20-30(28-27-24)19-21-6-2-1-3-7-21)29-14-16-31(17-15-29)35(33,34)25-12-10-22-8-4-5-9-23(22)18-25/h1-13,18,20H,14-17,19H2/b13-11+. The average molecular weight is 488 g/mol. The van der Waals surface area contributed by atoms with Crippen LogP contribution in [-0.4, -0.2) is 64.7 Å². The third kappa shape index (κ3) is 5.16. The maximum absolute atomic E-state index is 13.1. The molecule has 35 heavy (non-hydrogen) atoms. The molecule has 1 saturated heterocycles. The number of hydrogen-bond donors (Lipinski definition) is 0. The van der Waals surface area contributed by atoms with Gasteiger partial charge >= 0.3 is 0 Å². The van der Waals surface area contributed by atoms with Gasteiger partial charge in [0.15, 0.2) is 0 Å². The van der Waals surface area contributed by atoms with Crippen LogP contribution in [0.4, 0.5) is 0 Å². The highest BCUT2D eigenvalue weighted by atomic mass is 32.2. The van der Waals surface area contributed by atoms with E-state index in [4.69, 9.17) is 0 Å². The minimum absolute atomic E-state index is 0.176. The third-order valence-electron chi connectivity index (χ3n) is 6.05. The quantitative estimate of drug-likeness (QED) is 0.390. The van der Waals surface area contributed by atoms with E-state index in [-0.39, 0.29) is 23.9 Å². The number of benzene rings is 3. The van der Waals surface area contributed by atoms with E-state index in [1.165, 1.54) is 10.4 Å². The first-order valence-corrected chi connectivity index (χ1v) is 12.8. The molecule has 0 N–H and O–H groups in total. The van der Waals surface area contributed by atoms with Gasteiger partial charge in [-0.25, -0.2) is 13.1 Å². The molecule has 0 saturated carbocycles. The van der Waals surface area contributed by atoms with Gasteiger partial charge in [-0.2, -0.15) is 4.31 Å². The van der Waals surface area contributed by atoms with E-state index in [1.54, 1.807) is 34.0 Å². The summed E-state index contributed by atoms with van der Waals surface area (Å²) in [7, 11) is -3.62. The first-order valence-electron chi connectivity index (χ1n) is 11.4. The number of carbonyl (C=O) groups excluding carboxylic acids is 1. The molecule has 4 aromatic rings. The Bertz CT molecular complexity index is 1470. The average Bonchev–Trinajstić information content (AvgIpc) is 3.34. The molecular weight excluding hydrogens is 462 g/mol. The van der Waals surface area contributed by atoms with Crippen LogP contribution in [0, 0.1) is 0 Å². The smallest absolute Gasteiger partial charge is 0.246 e. The minimum Gasteiger partial charge on any atom is -0.337 e. The molecule has 0 spiro atoms. The van der Waals surface area contributed by atoms with Gasteiger partial charge in [0.1, 0.15) is 5.69 Å². The molecule has 1 aliphatic heterocycles. The monoisotopic (exact) mass is 487 g/mol. The topological polar surface area (TPSA) is 88.4 Å². The van der Waals surface area contributed by atoms with Crippen molar-refractivity contribution >= 4 is 32.8 Å². The first kappa shape index (κ1) is 22.9. The van der Waals surface area contributed by atoms with Crippen molar-refractivity contribution in [2.24, 2.45) is 0 Å². The van der Waals surface area contributed by atoms with Crippen LogP contribution in [0.3, 0.4) is 0 Å². The number of sulfonamides is 1. The summed E-state index contributed by atoms with van der Waals surface area (Å²) < 4.78 is 29.4. The molecule has 9 heteroatoms. The molecule has 1 amide bonds. The molecule has 0 radical (unpaired) electrons. The van der Waals surface area contributed by atoms with E-state index in [0.717, 1.165) is 16.3 Å². The third-order valence-corrected chi connectivity index (χ3v) is 7.94.